The Labute approximate surface area is 104 Å². The Morgan fingerprint density at radius 3 is 2.53 bits per heavy atom. The fraction of sp³-hybridized carbons (Fsp3) is 0.667. The SMILES string of the molecule is CCc1nc(NC)cc(NCCCN(C)C)n1. The molecule has 0 aromatic carbocycles. The molecule has 0 saturated heterocycles. The summed E-state index contributed by atoms with van der Waals surface area (Å²) in [5.74, 6) is 2.64. The molecule has 0 amide bonds. The Balaban J connectivity index is 2.51. The number of nitrogens with one attached hydrogen (secondary N) is 2. The molecule has 0 aliphatic rings. The van der Waals surface area contributed by atoms with Crippen LogP contribution in [0.15, 0.2) is 6.07 Å². The molecule has 5 nitrogen and oxygen atoms in total. The lowest BCUT2D eigenvalue weighted by atomic mass is 10.4. The molecule has 96 valence electrons. The highest BCUT2D eigenvalue weighted by molar-refractivity contribution is 5.47. The summed E-state index contributed by atoms with van der Waals surface area (Å²) >= 11 is 0. The van der Waals surface area contributed by atoms with E-state index in [-0.39, 0.29) is 0 Å². The van der Waals surface area contributed by atoms with Crippen LogP contribution >= 0.6 is 0 Å². The van der Waals surface area contributed by atoms with Crippen molar-refractivity contribution in [1.29, 1.82) is 0 Å². The zero-order valence-electron chi connectivity index (χ0n) is 11.2. The van der Waals surface area contributed by atoms with Crippen molar-refractivity contribution in [2.75, 3.05) is 44.9 Å². The number of hydrogen-bond acceptors (Lipinski definition) is 5. The highest BCUT2D eigenvalue weighted by Gasteiger charge is 2.01. The number of hydrogen-bond donors (Lipinski definition) is 2. The summed E-state index contributed by atoms with van der Waals surface area (Å²) < 4.78 is 0. The average Bonchev–Trinajstić information content (AvgIpc) is 2.34. The molecular weight excluding hydrogens is 214 g/mol. The van der Waals surface area contributed by atoms with E-state index in [4.69, 9.17) is 0 Å². The van der Waals surface area contributed by atoms with Gasteiger partial charge in [0.2, 0.25) is 0 Å². The lowest BCUT2D eigenvalue weighted by Crippen LogP contribution is -2.17. The van der Waals surface area contributed by atoms with Gasteiger partial charge in [-0.15, -0.1) is 0 Å². The van der Waals surface area contributed by atoms with E-state index in [1.54, 1.807) is 0 Å². The minimum Gasteiger partial charge on any atom is -0.373 e. The van der Waals surface area contributed by atoms with Gasteiger partial charge < -0.3 is 15.5 Å². The standard InChI is InChI=1S/C12H23N5/c1-5-10-15-11(13-2)9-12(16-10)14-7-6-8-17(3)4/h9H,5-8H2,1-4H3,(H2,13,14,15,16). The fourth-order valence-electron chi connectivity index (χ4n) is 1.49. The molecular formula is C12H23N5. The Hall–Kier alpha value is -1.36. The smallest absolute Gasteiger partial charge is 0.132 e. The van der Waals surface area contributed by atoms with Crippen molar-refractivity contribution in [2.24, 2.45) is 0 Å². The van der Waals surface area contributed by atoms with Gasteiger partial charge in [-0.2, -0.15) is 0 Å². The van der Waals surface area contributed by atoms with Gasteiger partial charge in [-0.1, -0.05) is 6.92 Å². The summed E-state index contributed by atoms with van der Waals surface area (Å²) in [6, 6.07) is 1.94. The summed E-state index contributed by atoms with van der Waals surface area (Å²) in [4.78, 5) is 11.0. The maximum absolute atomic E-state index is 4.44. The van der Waals surface area contributed by atoms with Crippen molar-refractivity contribution in [1.82, 2.24) is 14.9 Å². The third-order valence-electron chi connectivity index (χ3n) is 2.43. The molecule has 0 aliphatic heterocycles. The van der Waals surface area contributed by atoms with Gasteiger partial charge in [0.05, 0.1) is 0 Å². The van der Waals surface area contributed by atoms with Crippen LogP contribution in [0.1, 0.15) is 19.2 Å². The van der Waals surface area contributed by atoms with Crippen LogP contribution < -0.4 is 10.6 Å². The van der Waals surface area contributed by atoms with Crippen LogP contribution in [0, 0.1) is 0 Å². The van der Waals surface area contributed by atoms with Crippen LogP contribution in [0.3, 0.4) is 0 Å². The van der Waals surface area contributed by atoms with E-state index >= 15 is 0 Å². The summed E-state index contributed by atoms with van der Waals surface area (Å²) in [5.41, 5.74) is 0. The first-order valence-corrected chi connectivity index (χ1v) is 6.10. The number of nitrogens with zero attached hydrogens (tertiary/aromatic N) is 3. The van der Waals surface area contributed by atoms with E-state index in [1.807, 2.05) is 13.1 Å². The van der Waals surface area contributed by atoms with Crippen LogP contribution in [0.25, 0.3) is 0 Å². The van der Waals surface area contributed by atoms with Gasteiger partial charge in [0.25, 0.3) is 0 Å². The van der Waals surface area contributed by atoms with Crippen molar-refractivity contribution in [3.05, 3.63) is 11.9 Å². The number of aryl methyl sites for hydroxylation is 1. The molecule has 0 unspecified atom stereocenters. The lowest BCUT2D eigenvalue weighted by molar-refractivity contribution is 0.405. The minimum absolute atomic E-state index is 0.849. The molecule has 0 radical (unpaired) electrons. The van der Waals surface area contributed by atoms with Gasteiger partial charge in [0.1, 0.15) is 17.5 Å². The molecule has 0 spiro atoms. The third kappa shape index (κ3) is 4.99. The topological polar surface area (TPSA) is 53.1 Å². The maximum atomic E-state index is 4.44. The Morgan fingerprint density at radius 1 is 1.24 bits per heavy atom. The van der Waals surface area contributed by atoms with Gasteiger partial charge in [0.15, 0.2) is 0 Å². The Morgan fingerprint density at radius 2 is 1.94 bits per heavy atom. The van der Waals surface area contributed by atoms with Crippen LogP contribution in [0.4, 0.5) is 11.6 Å². The third-order valence-corrected chi connectivity index (χ3v) is 2.43. The van der Waals surface area contributed by atoms with Gasteiger partial charge in [-0.3, -0.25) is 0 Å². The quantitative estimate of drug-likeness (QED) is 0.703. The van der Waals surface area contributed by atoms with Crippen LogP contribution in [-0.4, -0.2) is 49.1 Å². The molecule has 0 saturated carbocycles. The highest BCUT2D eigenvalue weighted by atomic mass is 15.1. The second kappa shape index (κ2) is 7.06. The molecule has 1 rings (SSSR count). The molecule has 2 N–H and O–H groups in total. The van der Waals surface area contributed by atoms with Gasteiger partial charge >= 0.3 is 0 Å². The highest BCUT2D eigenvalue weighted by Crippen LogP contribution is 2.11. The summed E-state index contributed by atoms with van der Waals surface area (Å²) in [7, 11) is 6.04. The molecule has 1 aromatic rings. The summed E-state index contributed by atoms with van der Waals surface area (Å²) in [6.45, 7) is 4.07. The zero-order valence-corrected chi connectivity index (χ0v) is 11.2. The summed E-state index contributed by atoms with van der Waals surface area (Å²) in [5, 5.41) is 6.38. The van der Waals surface area contributed by atoms with Crippen LogP contribution in [-0.2, 0) is 6.42 Å². The van der Waals surface area contributed by atoms with Gasteiger partial charge in [0, 0.05) is 26.1 Å². The maximum Gasteiger partial charge on any atom is 0.132 e. The normalized spacial score (nSPS) is 10.6. The fourth-order valence-corrected chi connectivity index (χ4v) is 1.49. The van der Waals surface area contributed by atoms with Crippen LogP contribution in [0.5, 0.6) is 0 Å². The number of rotatable bonds is 7. The zero-order chi connectivity index (χ0) is 12.7. The monoisotopic (exact) mass is 237 g/mol. The van der Waals surface area contributed by atoms with Crippen molar-refractivity contribution >= 4 is 11.6 Å². The van der Waals surface area contributed by atoms with E-state index in [9.17, 15) is 0 Å². The average molecular weight is 237 g/mol. The van der Waals surface area contributed by atoms with Crippen molar-refractivity contribution < 1.29 is 0 Å². The Kier molecular flexibility index (Phi) is 5.69. The van der Waals surface area contributed by atoms with E-state index < -0.39 is 0 Å². The molecule has 0 atom stereocenters. The molecule has 5 heteroatoms. The van der Waals surface area contributed by atoms with E-state index in [2.05, 4.69) is 46.5 Å². The van der Waals surface area contributed by atoms with Crippen molar-refractivity contribution in [3.8, 4) is 0 Å². The minimum atomic E-state index is 0.849. The molecule has 1 aromatic heterocycles. The predicted octanol–water partition coefficient (Wildman–Crippen LogP) is 1.44. The second-order valence-electron chi connectivity index (χ2n) is 4.24. The molecule has 1 heterocycles. The molecule has 17 heavy (non-hydrogen) atoms. The van der Waals surface area contributed by atoms with Crippen LogP contribution in [0.2, 0.25) is 0 Å². The molecule has 0 bridgehead atoms. The van der Waals surface area contributed by atoms with Crippen molar-refractivity contribution in [2.45, 2.75) is 19.8 Å². The van der Waals surface area contributed by atoms with Gasteiger partial charge in [-0.25, -0.2) is 9.97 Å². The molecule has 0 aliphatic carbocycles. The number of aromatic nitrogens is 2. The van der Waals surface area contributed by atoms with E-state index in [0.29, 0.717) is 0 Å². The predicted molar refractivity (Wildman–Crippen MR) is 72.6 cm³/mol. The first-order valence-electron chi connectivity index (χ1n) is 6.10. The lowest BCUT2D eigenvalue weighted by Gasteiger charge is -2.11. The first kappa shape index (κ1) is 13.7. The largest absolute Gasteiger partial charge is 0.373 e. The van der Waals surface area contributed by atoms with Crippen molar-refractivity contribution in [3.63, 3.8) is 0 Å². The van der Waals surface area contributed by atoms with Gasteiger partial charge in [-0.05, 0) is 27.1 Å². The van der Waals surface area contributed by atoms with E-state index in [1.165, 1.54) is 0 Å². The number of anilines is 2. The summed E-state index contributed by atoms with van der Waals surface area (Å²) in [6.07, 6.45) is 1.95. The molecule has 0 fully saturated rings. The Bertz CT molecular complexity index is 315. The first-order chi connectivity index (χ1) is 8.15. The second-order valence-corrected chi connectivity index (χ2v) is 4.24. The van der Waals surface area contributed by atoms with E-state index in [0.717, 1.165) is 43.4 Å².